The van der Waals surface area contributed by atoms with Crippen LogP contribution in [-0.4, -0.2) is 54.7 Å². The normalized spacial score (nSPS) is 10.6. The van der Waals surface area contributed by atoms with E-state index in [-0.39, 0.29) is 12.5 Å². The van der Waals surface area contributed by atoms with Crippen molar-refractivity contribution in [3.63, 3.8) is 0 Å². The predicted octanol–water partition coefficient (Wildman–Crippen LogP) is 2.19. The average Bonchev–Trinajstić information content (AvgIpc) is 2.94. The molecule has 0 saturated carbocycles. The van der Waals surface area contributed by atoms with Crippen LogP contribution in [0.25, 0.3) is 0 Å². The minimum Gasteiger partial charge on any atom is -0.395 e. The van der Waals surface area contributed by atoms with E-state index >= 15 is 0 Å². The fraction of sp³-hybridized carbons (Fsp3) is 0.412. The second-order valence-corrected chi connectivity index (χ2v) is 6.53. The molecular weight excluding hydrogens is 310 g/mol. The fourth-order valence-corrected chi connectivity index (χ4v) is 3.22. The Morgan fingerprint density at radius 1 is 1.22 bits per heavy atom. The second kappa shape index (κ2) is 8.08. The first-order valence-electron chi connectivity index (χ1n) is 7.61. The van der Waals surface area contributed by atoms with Gasteiger partial charge in [0.2, 0.25) is 0 Å². The predicted molar refractivity (Wildman–Crippen MR) is 94.3 cm³/mol. The number of hydrogen-bond acceptors (Lipinski definition) is 5. The van der Waals surface area contributed by atoms with E-state index in [4.69, 9.17) is 0 Å². The summed E-state index contributed by atoms with van der Waals surface area (Å²) in [7, 11) is 3.82. The zero-order valence-corrected chi connectivity index (χ0v) is 14.6. The van der Waals surface area contributed by atoms with E-state index in [1.807, 2.05) is 56.3 Å². The largest absolute Gasteiger partial charge is 0.395 e. The summed E-state index contributed by atoms with van der Waals surface area (Å²) in [4.78, 5) is 21.5. The van der Waals surface area contributed by atoms with Crippen LogP contribution in [0.5, 0.6) is 0 Å². The van der Waals surface area contributed by atoms with Crippen molar-refractivity contribution in [2.75, 3.05) is 38.7 Å². The third-order valence-corrected chi connectivity index (χ3v) is 4.85. The molecule has 124 valence electrons. The molecule has 0 unspecified atom stereocenters. The van der Waals surface area contributed by atoms with Crippen LogP contribution in [0.3, 0.4) is 0 Å². The minimum absolute atomic E-state index is 0.0427. The number of nitrogens with zero attached hydrogens (tertiary/aromatic N) is 3. The number of aliphatic hydroxyl groups excluding tert-OH is 1. The van der Waals surface area contributed by atoms with Gasteiger partial charge in [0.1, 0.15) is 4.88 Å². The molecule has 0 aliphatic heterocycles. The molecule has 6 heteroatoms. The van der Waals surface area contributed by atoms with Gasteiger partial charge in [0.15, 0.2) is 5.13 Å². The summed E-state index contributed by atoms with van der Waals surface area (Å²) in [5.74, 6) is -0.0573. The van der Waals surface area contributed by atoms with Crippen LogP contribution in [0.4, 0.5) is 5.13 Å². The van der Waals surface area contributed by atoms with Crippen molar-refractivity contribution in [3.05, 3.63) is 46.5 Å². The average molecular weight is 333 g/mol. The van der Waals surface area contributed by atoms with E-state index in [9.17, 15) is 9.90 Å². The third kappa shape index (κ3) is 4.53. The number of rotatable bonds is 7. The Kier molecular flexibility index (Phi) is 6.12. The number of benzene rings is 1. The molecule has 5 nitrogen and oxygen atoms in total. The molecule has 0 fully saturated rings. The van der Waals surface area contributed by atoms with Crippen LogP contribution < -0.4 is 4.90 Å². The quantitative estimate of drug-likeness (QED) is 0.844. The number of thiazole rings is 1. The number of carbonyl (C=O) groups excluding carboxylic acids is 1. The van der Waals surface area contributed by atoms with Gasteiger partial charge in [-0.05, 0) is 18.9 Å². The number of hydrogen-bond donors (Lipinski definition) is 1. The van der Waals surface area contributed by atoms with Gasteiger partial charge < -0.3 is 14.9 Å². The summed E-state index contributed by atoms with van der Waals surface area (Å²) in [6.45, 7) is 2.72. The Balaban J connectivity index is 2.11. The molecule has 1 aromatic carbocycles. The van der Waals surface area contributed by atoms with Crippen molar-refractivity contribution >= 4 is 22.4 Å². The zero-order chi connectivity index (χ0) is 16.8. The molecular formula is C17H23N3O2S. The standard InChI is InChI=1S/C17H23N3O2S/c1-13-15(23-17(18-13)19(2)3)16(22)20(11-12-21)10-9-14-7-5-4-6-8-14/h4-8,21H,9-12H2,1-3H3. The second-order valence-electron chi connectivity index (χ2n) is 5.56. The highest BCUT2D eigenvalue weighted by Crippen LogP contribution is 2.25. The highest BCUT2D eigenvalue weighted by Gasteiger charge is 2.21. The van der Waals surface area contributed by atoms with E-state index in [1.54, 1.807) is 4.90 Å². The maximum absolute atomic E-state index is 12.8. The molecule has 0 aliphatic carbocycles. The van der Waals surface area contributed by atoms with Crippen molar-refractivity contribution in [1.29, 1.82) is 0 Å². The lowest BCUT2D eigenvalue weighted by Crippen LogP contribution is -2.35. The monoisotopic (exact) mass is 333 g/mol. The topological polar surface area (TPSA) is 56.7 Å². The summed E-state index contributed by atoms with van der Waals surface area (Å²) in [6.07, 6.45) is 0.769. The highest BCUT2D eigenvalue weighted by atomic mass is 32.1. The Bertz CT molecular complexity index is 641. The van der Waals surface area contributed by atoms with Gasteiger partial charge in [0, 0.05) is 27.2 Å². The zero-order valence-electron chi connectivity index (χ0n) is 13.8. The molecule has 1 N–H and O–H groups in total. The SMILES string of the molecule is Cc1nc(N(C)C)sc1C(=O)N(CCO)CCc1ccccc1. The Morgan fingerprint density at radius 2 is 1.91 bits per heavy atom. The van der Waals surface area contributed by atoms with Crippen LogP contribution in [-0.2, 0) is 6.42 Å². The van der Waals surface area contributed by atoms with Crippen LogP contribution in [0, 0.1) is 6.92 Å². The molecule has 1 heterocycles. The first-order valence-corrected chi connectivity index (χ1v) is 8.43. The van der Waals surface area contributed by atoms with Crippen molar-refractivity contribution < 1.29 is 9.90 Å². The lowest BCUT2D eigenvalue weighted by Gasteiger charge is -2.21. The number of aryl methyl sites for hydroxylation is 1. The molecule has 0 spiro atoms. The van der Waals surface area contributed by atoms with Gasteiger partial charge in [-0.2, -0.15) is 0 Å². The molecule has 2 rings (SSSR count). The molecule has 2 aromatic rings. The third-order valence-electron chi connectivity index (χ3n) is 3.53. The van der Waals surface area contributed by atoms with Gasteiger partial charge in [-0.25, -0.2) is 4.98 Å². The minimum atomic E-state index is -0.0573. The number of aliphatic hydroxyl groups is 1. The molecule has 0 atom stereocenters. The number of anilines is 1. The maximum atomic E-state index is 12.8. The smallest absolute Gasteiger partial charge is 0.266 e. The lowest BCUT2D eigenvalue weighted by molar-refractivity contribution is 0.0728. The summed E-state index contributed by atoms with van der Waals surface area (Å²) in [5.41, 5.74) is 1.92. The first-order chi connectivity index (χ1) is 11.0. The summed E-state index contributed by atoms with van der Waals surface area (Å²) < 4.78 is 0. The van der Waals surface area contributed by atoms with Crippen LogP contribution in [0.1, 0.15) is 20.9 Å². The van der Waals surface area contributed by atoms with Crippen LogP contribution >= 0.6 is 11.3 Å². The first kappa shape index (κ1) is 17.4. The van der Waals surface area contributed by atoms with Gasteiger partial charge in [-0.3, -0.25) is 4.79 Å². The van der Waals surface area contributed by atoms with Gasteiger partial charge >= 0.3 is 0 Å². The molecule has 0 bridgehead atoms. The Hall–Kier alpha value is -1.92. The van der Waals surface area contributed by atoms with Gasteiger partial charge in [0.25, 0.3) is 5.91 Å². The molecule has 0 saturated heterocycles. The Labute approximate surface area is 141 Å². The number of amides is 1. The molecule has 0 radical (unpaired) electrons. The summed E-state index contributed by atoms with van der Waals surface area (Å²) in [6, 6.07) is 10.0. The van der Waals surface area contributed by atoms with E-state index in [1.165, 1.54) is 16.9 Å². The highest BCUT2D eigenvalue weighted by molar-refractivity contribution is 7.17. The molecule has 23 heavy (non-hydrogen) atoms. The van der Waals surface area contributed by atoms with Crippen molar-refractivity contribution in [2.45, 2.75) is 13.3 Å². The van der Waals surface area contributed by atoms with E-state index in [0.717, 1.165) is 17.2 Å². The van der Waals surface area contributed by atoms with Gasteiger partial charge in [-0.15, -0.1) is 0 Å². The molecule has 1 aromatic heterocycles. The van der Waals surface area contributed by atoms with Crippen LogP contribution in [0.15, 0.2) is 30.3 Å². The molecule has 0 aliphatic rings. The van der Waals surface area contributed by atoms with E-state index in [2.05, 4.69) is 4.98 Å². The van der Waals surface area contributed by atoms with Crippen molar-refractivity contribution in [3.8, 4) is 0 Å². The number of carbonyl (C=O) groups is 1. The summed E-state index contributed by atoms with van der Waals surface area (Å²) >= 11 is 1.39. The van der Waals surface area contributed by atoms with Crippen LogP contribution in [0.2, 0.25) is 0 Å². The van der Waals surface area contributed by atoms with E-state index in [0.29, 0.717) is 18.0 Å². The van der Waals surface area contributed by atoms with Gasteiger partial charge in [0.05, 0.1) is 12.3 Å². The van der Waals surface area contributed by atoms with Crippen molar-refractivity contribution in [2.24, 2.45) is 0 Å². The fourth-order valence-electron chi connectivity index (χ4n) is 2.26. The van der Waals surface area contributed by atoms with Crippen molar-refractivity contribution in [1.82, 2.24) is 9.88 Å². The molecule has 1 amide bonds. The number of aromatic nitrogens is 1. The maximum Gasteiger partial charge on any atom is 0.266 e. The van der Waals surface area contributed by atoms with Gasteiger partial charge in [-0.1, -0.05) is 41.7 Å². The Morgan fingerprint density at radius 3 is 2.48 bits per heavy atom. The summed E-state index contributed by atoms with van der Waals surface area (Å²) in [5, 5.41) is 10.1. The van der Waals surface area contributed by atoms with E-state index < -0.39 is 0 Å². The lowest BCUT2D eigenvalue weighted by atomic mass is 10.1.